The molecule has 0 spiro atoms. The summed E-state index contributed by atoms with van der Waals surface area (Å²) in [6.45, 7) is 7.14. The maximum Gasteiger partial charge on any atom is 0.276 e. The van der Waals surface area contributed by atoms with Crippen molar-refractivity contribution in [1.82, 2.24) is 45.4 Å². The molecule has 2 saturated heterocycles. The number of halogens is 2. The molecule has 4 N–H and O–H groups in total. The fourth-order valence-corrected chi connectivity index (χ4v) is 12.5. The monoisotopic (exact) mass is 990 g/mol. The highest BCUT2D eigenvalue weighted by Crippen LogP contribution is 2.70. The van der Waals surface area contributed by atoms with E-state index >= 15 is 0 Å². The zero-order valence-electron chi connectivity index (χ0n) is 40.7. The largest absolute Gasteiger partial charge is 0.494 e. The number of hydrogen-bond donors (Lipinski definition) is 4. The van der Waals surface area contributed by atoms with Crippen molar-refractivity contribution in [3.8, 4) is 5.75 Å². The summed E-state index contributed by atoms with van der Waals surface area (Å²) in [6, 6.07) is 16.1. The SMILES string of the molecule is CN[C@@H](C)C(=O)N[C@H](C(=O)N1CCC[C@H]1c1nc(C(=O)c2cccc(OCCCCN3CC([C@@H](c4ccccc4)n4cc(NC(=O)c5n[nH]c6c5C[C@@H]5C(F)(F)[C@]5(C)C6)cn4)C3)c2)cs1)C1CCCCC1. The number of nitrogens with one attached hydrogen (secondary N) is 4. The van der Waals surface area contributed by atoms with Crippen LogP contribution in [-0.2, 0) is 22.4 Å². The third-order valence-corrected chi connectivity index (χ3v) is 17.0. The topological polar surface area (TPSA) is 179 Å². The maximum atomic E-state index is 14.5. The van der Waals surface area contributed by atoms with E-state index in [0.29, 0.717) is 47.1 Å². The first-order valence-electron chi connectivity index (χ1n) is 25.4. The summed E-state index contributed by atoms with van der Waals surface area (Å²) >= 11 is 1.40. The predicted octanol–water partition coefficient (Wildman–Crippen LogP) is 7.63. The summed E-state index contributed by atoms with van der Waals surface area (Å²) in [6.07, 6.45) is 12.2. The van der Waals surface area contributed by atoms with Crippen molar-refractivity contribution in [2.75, 3.05) is 45.2 Å². The normalized spacial score (nSPS) is 23.2. The van der Waals surface area contributed by atoms with Crippen LogP contribution in [0.1, 0.15) is 132 Å². The number of benzene rings is 2. The van der Waals surface area contributed by atoms with Crippen LogP contribution in [0.3, 0.4) is 0 Å². The number of aromatic amines is 1. The summed E-state index contributed by atoms with van der Waals surface area (Å²) < 4.78 is 37.1. The van der Waals surface area contributed by atoms with Gasteiger partial charge in [-0.1, -0.05) is 68.7 Å². The molecule has 15 nitrogen and oxygen atoms in total. The van der Waals surface area contributed by atoms with Crippen LogP contribution in [-0.4, -0.2) is 116 Å². The molecule has 3 aromatic heterocycles. The smallest absolute Gasteiger partial charge is 0.276 e. The number of H-pyrrole nitrogens is 1. The number of unbranched alkanes of at least 4 members (excludes halogenated alkanes) is 1. The van der Waals surface area contributed by atoms with Crippen molar-refractivity contribution < 1.29 is 32.7 Å². The number of amides is 3. The van der Waals surface area contributed by atoms with E-state index in [-0.39, 0.29) is 60.1 Å². The number of nitrogens with zero attached hydrogens (tertiary/aromatic N) is 6. The average Bonchev–Trinajstić information content (AvgIpc) is 4.13. The van der Waals surface area contributed by atoms with Gasteiger partial charge in [-0.05, 0) is 89.1 Å². The van der Waals surface area contributed by atoms with Gasteiger partial charge in [0.2, 0.25) is 17.6 Å². The molecule has 376 valence electrons. The molecule has 0 radical (unpaired) electrons. The van der Waals surface area contributed by atoms with E-state index in [0.717, 1.165) is 88.0 Å². The number of likely N-dealkylation sites (N-methyl/N-ethyl adjacent to an activating group) is 1. The van der Waals surface area contributed by atoms with Gasteiger partial charge >= 0.3 is 0 Å². The zero-order valence-corrected chi connectivity index (χ0v) is 41.5. The lowest BCUT2D eigenvalue weighted by molar-refractivity contribution is -0.139. The average molecular weight is 991 g/mol. The van der Waals surface area contributed by atoms with Gasteiger partial charge in [0.25, 0.3) is 11.8 Å². The van der Waals surface area contributed by atoms with E-state index in [1.54, 1.807) is 44.6 Å². The minimum atomic E-state index is -2.74. The molecule has 2 saturated carbocycles. The van der Waals surface area contributed by atoms with Gasteiger partial charge in [0.15, 0.2) is 5.69 Å². The molecular formula is C53H64F2N10O5S. The molecular weight excluding hydrogens is 927 g/mol. The lowest BCUT2D eigenvalue weighted by atomic mass is 9.83. The molecule has 2 aliphatic heterocycles. The number of carbonyl (C=O) groups is 4. The number of likely N-dealkylation sites (tertiary alicyclic amines) is 2. The van der Waals surface area contributed by atoms with Gasteiger partial charge in [0, 0.05) is 71.7 Å². The molecule has 5 aromatic rings. The second-order valence-electron chi connectivity index (χ2n) is 20.6. The van der Waals surface area contributed by atoms with E-state index in [1.807, 2.05) is 46.1 Å². The lowest BCUT2D eigenvalue weighted by Gasteiger charge is -2.43. The van der Waals surface area contributed by atoms with Crippen LogP contribution in [0.4, 0.5) is 14.5 Å². The number of carbonyl (C=O) groups excluding carboxylic acids is 4. The summed E-state index contributed by atoms with van der Waals surface area (Å²) in [5.74, 6) is -3.40. The minimum absolute atomic E-state index is 0.0570. The standard InChI is InChI=1S/C53H64F2N10O5S/c1-32(56-3)48(67)60-44(33-14-6-4-7-15-33)51(69)64-22-13-20-42(64)50-59-41(31-71-50)47(66)35-18-12-19-38(24-35)70-23-11-10-21-63-28-36(29-63)46(34-16-8-5-9-17-34)65-30-37(27-57-65)58-49(68)45-39-25-43-52(2,53(43,54)55)26-40(39)61-62-45/h5,8-9,12,16-19,24,27,30-33,36,42-44,46,56H,4,6-7,10-11,13-15,20-23,25-26,28-29H2,1-3H3,(H,58,68)(H,60,67)(H,61,62)/t32-,42-,43-,44-,46+,52+/m0/s1. The van der Waals surface area contributed by atoms with Crippen molar-refractivity contribution in [1.29, 1.82) is 0 Å². The Morgan fingerprint density at radius 1 is 0.986 bits per heavy atom. The Hall–Kier alpha value is -5.85. The summed E-state index contributed by atoms with van der Waals surface area (Å²) in [7, 11) is 1.74. The van der Waals surface area contributed by atoms with E-state index in [1.165, 1.54) is 11.3 Å². The molecule has 3 aliphatic carbocycles. The number of aromatic nitrogens is 5. The van der Waals surface area contributed by atoms with Gasteiger partial charge in [-0.25, -0.2) is 13.8 Å². The quantitative estimate of drug-likeness (QED) is 0.0475. The molecule has 5 aliphatic rings. The first-order valence-corrected chi connectivity index (χ1v) is 26.3. The Balaban J connectivity index is 0.695. The molecule has 5 heterocycles. The molecule has 71 heavy (non-hydrogen) atoms. The van der Waals surface area contributed by atoms with Gasteiger partial charge < -0.3 is 30.5 Å². The van der Waals surface area contributed by atoms with Crippen molar-refractivity contribution in [2.24, 2.45) is 23.2 Å². The van der Waals surface area contributed by atoms with Crippen LogP contribution in [0.25, 0.3) is 0 Å². The Morgan fingerprint density at radius 3 is 2.58 bits per heavy atom. The fraction of sp³-hybridized carbons (Fsp3) is 0.528. The van der Waals surface area contributed by atoms with Gasteiger partial charge in [-0.3, -0.25) is 29.0 Å². The van der Waals surface area contributed by atoms with Crippen molar-refractivity contribution in [3.05, 3.63) is 111 Å². The highest BCUT2D eigenvalue weighted by atomic mass is 32.1. The molecule has 10 rings (SSSR count). The molecule has 3 amide bonds. The van der Waals surface area contributed by atoms with E-state index < -0.39 is 35.2 Å². The summed E-state index contributed by atoms with van der Waals surface area (Å²) in [5, 5.41) is 23.3. The summed E-state index contributed by atoms with van der Waals surface area (Å²) in [5.41, 5.74) is 2.73. The molecule has 6 atom stereocenters. The number of ketones is 1. The van der Waals surface area contributed by atoms with Gasteiger partial charge in [0.1, 0.15) is 22.5 Å². The van der Waals surface area contributed by atoms with Gasteiger partial charge in [0.05, 0.1) is 36.6 Å². The second kappa shape index (κ2) is 20.3. The molecule has 2 aromatic carbocycles. The number of fused-ring (bicyclic) bond motifs is 2. The van der Waals surface area contributed by atoms with E-state index in [2.05, 4.69) is 48.3 Å². The Labute approximate surface area is 416 Å². The van der Waals surface area contributed by atoms with Crippen molar-refractivity contribution in [2.45, 2.75) is 115 Å². The maximum absolute atomic E-state index is 14.5. The van der Waals surface area contributed by atoms with Crippen molar-refractivity contribution in [3.63, 3.8) is 0 Å². The van der Waals surface area contributed by atoms with Crippen LogP contribution >= 0.6 is 11.3 Å². The number of ether oxygens (including phenoxy) is 1. The second-order valence-corrected chi connectivity index (χ2v) is 21.5. The number of anilines is 1. The predicted molar refractivity (Wildman–Crippen MR) is 265 cm³/mol. The van der Waals surface area contributed by atoms with Crippen LogP contribution in [0.15, 0.2) is 72.4 Å². The van der Waals surface area contributed by atoms with Crippen LogP contribution < -0.4 is 20.7 Å². The molecule has 18 heteroatoms. The lowest BCUT2D eigenvalue weighted by Crippen LogP contribution is -2.55. The zero-order chi connectivity index (χ0) is 49.4. The van der Waals surface area contributed by atoms with Crippen LogP contribution in [0.2, 0.25) is 0 Å². The van der Waals surface area contributed by atoms with Crippen LogP contribution in [0, 0.1) is 23.2 Å². The molecule has 0 bridgehead atoms. The Morgan fingerprint density at radius 2 is 1.79 bits per heavy atom. The van der Waals surface area contributed by atoms with E-state index in [4.69, 9.17) is 9.72 Å². The highest BCUT2D eigenvalue weighted by molar-refractivity contribution is 7.10. The third-order valence-electron chi connectivity index (χ3n) is 16.0. The van der Waals surface area contributed by atoms with Gasteiger partial charge in [-0.2, -0.15) is 10.2 Å². The van der Waals surface area contributed by atoms with Crippen LogP contribution in [0.5, 0.6) is 5.75 Å². The molecule has 0 unspecified atom stereocenters. The molecule has 4 fully saturated rings. The van der Waals surface area contributed by atoms with Crippen molar-refractivity contribution >= 4 is 40.5 Å². The fourth-order valence-electron chi connectivity index (χ4n) is 11.6. The number of thiazole rings is 1. The number of rotatable bonds is 19. The number of alkyl halides is 2. The first kappa shape index (κ1) is 48.8. The number of hydrogen-bond acceptors (Lipinski definition) is 11. The minimum Gasteiger partial charge on any atom is -0.494 e. The third kappa shape index (κ3) is 9.78. The Kier molecular flexibility index (Phi) is 14.0. The summed E-state index contributed by atoms with van der Waals surface area (Å²) in [4.78, 5) is 63.6. The van der Waals surface area contributed by atoms with Gasteiger partial charge in [-0.15, -0.1) is 11.3 Å². The van der Waals surface area contributed by atoms with E-state index in [9.17, 15) is 28.0 Å². The Bertz CT molecular complexity index is 2730. The highest BCUT2D eigenvalue weighted by Gasteiger charge is 2.78. The first-order chi connectivity index (χ1) is 34.3.